The second-order valence-corrected chi connectivity index (χ2v) is 11.5. The number of allylic oxidation sites excluding steroid dienone is 1. The average Bonchev–Trinajstić information content (AvgIpc) is 2.93. The number of rotatable bonds is 6. The molecule has 2 fully saturated rings. The minimum Gasteiger partial charge on any atom is -0.481 e. The van der Waals surface area contributed by atoms with Crippen molar-refractivity contribution in [2.24, 2.45) is 22.7 Å². The van der Waals surface area contributed by atoms with Crippen LogP contribution in [0.3, 0.4) is 0 Å². The summed E-state index contributed by atoms with van der Waals surface area (Å²) in [4.78, 5) is 23.8. The first kappa shape index (κ1) is 23.3. The zero-order valence-corrected chi connectivity index (χ0v) is 19.7. The predicted octanol–water partition coefficient (Wildman–Crippen LogP) is 5.52. The van der Waals surface area contributed by atoms with Crippen molar-refractivity contribution in [2.75, 3.05) is 6.61 Å². The van der Waals surface area contributed by atoms with E-state index in [1.54, 1.807) is 0 Å². The minimum atomic E-state index is -0.829. The number of hydrogen-bond donors (Lipinski definition) is 1. The molecule has 0 unspecified atom stereocenters. The number of carboxylic acid groups (broad SMARTS) is 1. The van der Waals surface area contributed by atoms with Crippen LogP contribution >= 0.6 is 0 Å². The number of aliphatic carboxylic acids is 1. The molecule has 170 valence electrons. The Morgan fingerprint density at radius 1 is 1.17 bits per heavy atom. The lowest BCUT2D eigenvalue weighted by atomic mass is 9.46. The van der Waals surface area contributed by atoms with Crippen molar-refractivity contribution >= 4 is 11.9 Å². The first-order valence-electron chi connectivity index (χ1n) is 11.6. The van der Waals surface area contributed by atoms with Crippen molar-refractivity contribution in [3.05, 3.63) is 11.6 Å². The largest absolute Gasteiger partial charge is 0.481 e. The van der Waals surface area contributed by atoms with Gasteiger partial charge < -0.3 is 14.6 Å². The lowest BCUT2D eigenvalue weighted by molar-refractivity contribution is -0.196. The number of fused-ring (bicyclic) bond motifs is 2. The van der Waals surface area contributed by atoms with Gasteiger partial charge in [-0.1, -0.05) is 47.1 Å². The van der Waals surface area contributed by atoms with E-state index in [0.717, 1.165) is 31.3 Å². The van der Waals surface area contributed by atoms with Gasteiger partial charge in [-0.2, -0.15) is 0 Å². The van der Waals surface area contributed by atoms with Gasteiger partial charge in [-0.25, -0.2) is 0 Å². The molecule has 4 atom stereocenters. The van der Waals surface area contributed by atoms with E-state index in [9.17, 15) is 14.7 Å². The van der Waals surface area contributed by atoms with Crippen molar-refractivity contribution in [3.8, 4) is 0 Å². The van der Waals surface area contributed by atoms with Crippen molar-refractivity contribution in [1.82, 2.24) is 0 Å². The van der Waals surface area contributed by atoms with Crippen molar-refractivity contribution in [3.63, 3.8) is 0 Å². The quantitative estimate of drug-likeness (QED) is 0.452. The number of carbonyl (C=O) groups is 2. The van der Waals surface area contributed by atoms with Crippen LogP contribution in [0, 0.1) is 22.7 Å². The van der Waals surface area contributed by atoms with E-state index in [2.05, 4.69) is 26.8 Å². The van der Waals surface area contributed by atoms with Gasteiger partial charge in [-0.15, -0.1) is 0 Å². The third-order valence-corrected chi connectivity index (χ3v) is 8.19. The molecule has 1 aliphatic heterocycles. The molecule has 0 aromatic heterocycles. The number of ether oxygens (including phenoxy) is 2. The molecule has 0 aromatic carbocycles. The fourth-order valence-electron chi connectivity index (χ4n) is 6.74. The highest BCUT2D eigenvalue weighted by molar-refractivity contribution is 5.70. The number of hydrogen-bond acceptors (Lipinski definition) is 4. The molecule has 5 heteroatoms. The normalized spacial score (nSPS) is 37.7. The monoisotopic (exact) mass is 420 g/mol. The van der Waals surface area contributed by atoms with E-state index in [-0.39, 0.29) is 35.7 Å². The maximum atomic E-state index is 12.3. The van der Waals surface area contributed by atoms with Gasteiger partial charge in [-0.05, 0) is 61.9 Å². The van der Waals surface area contributed by atoms with Crippen LogP contribution < -0.4 is 0 Å². The van der Waals surface area contributed by atoms with Gasteiger partial charge in [0.1, 0.15) is 6.61 Å². The zero-order valence-electron chi connectivity index (χ0n) is 19.7. The van der Waals surface area contributed by atoms with Crippen LogP contribution in [0.15, 0.2) is 11.6 Å². The maximum Gasteiger partial charge on any atom is 0.306 e. The molecule has 0 amide bonds. The molecule has 3 aliphatic rings. The summed E-state index contributed by atoms with van der Waals surface area (Å²) >= 11 is 0. The van der Waals surface area contributed by atoms with E-state index in [1.807, 2.05) is 20.8 Å². The summed E-state index contributed by atoms with van der Waals surface area (Å²) in [6.07, 6.45) is 8.50. The Morgan fingerprint density at radius 2 is 1.87 bits per heavy atom. The minimum absolute atomic E-state index is 0.000688. The lowest BCUT2D eigenvalue weighted by Gasteiger charge is -2.61. The number of esters is 1. The van der Waals surface area contributed by atoms with Gasteiger partial charge in [0, 0.05) is 11.8 Å². The molecule has 3 rings (SSSR count). The summed E-state index contributed by atoms with van der Waals surface area (Å²) in [5.41, 5.74) is -0.106. The Hall–Kier alpha value is -1.36. The standard InChI is InChI=1S/C25H40O5/c1-17(2)14-21(28)29-16-18-8-9-19-22(3,4)10-7-11-24(19,6)25(18)13-12-23(5,30-25)15-20(26)27/h8,17,19H,7,9-16H2,1-6H3,(H,26,27)/t19-,23-,24-,25+/m0/s1. The van der Waals surface area contributed by atoms with Crippen LogP contribution in [0.1, 0.15) is 92.9 Å². The summed E-state index contributed by atoms with van der Waals surface area (Å²) < 4.78 is 12.5. The Morgan fingerprint density at radius 3 is 2.50 bits per heavy atom. The van der Waals surface area contributed by atoms with Gasteiger partial charge in [0.25, 0.3) is 0 Å². The smallest absolute Gasteiger partial charge is 0.306 e. The molecule has 5 nitrogen and oxygen atoms in total. The number of carboxylic acids is 1. The highest BCUT2D eigenvalue weighted by Crippen LogP contribution is 2.66. The van der Waals surface area contributed by atoms with E-state index >= 15 is 0 Å². The van der Waals surface area contributed by atoms with Gasteiger partial charge >= 0.3 is 11.9 Å². The first-order chi connectivity index (χ1) is 13.8. The molecule has 0 aromatic rings. The van der Waals surface area contributed by atoms with Gasteiger partial charge in [0.2, 0.25) is 0 Å². The summed E-state index contributed by atoms with van der Waals surface area (Å²) in [7, 11) is 0. The number of carbonyl (C=O) groups excluding carboxylic acids is 1. The van der Waals surface area contributed by atoms with E-state index in [1.165, 1.54) is 6.42 Å². The molecule has 0 bridgehead atoms. The second kappa shape index (κ2) is 7.96. The fourth-order valence-corrected chi connectivity index (χ4v) is 6.74. The SMILES string of the molecule is CC(C)CC(=O)OCC1=CC[C@H]2C(C)(C)CCC[C@]2(C)[C@@]12CC[C@@](C)(CC(=O)O)O2. The zero-order chi connectivity index (χ0) is 22.4. The van der Waals surface area contributed by atoms with Crippen LogP contribution in [0.4, 0.5) is 0 Å². The van der Waals surface area contributed by atoms with Crippen LogP contribution in [0.2, 0.25) is 0 Å². The topological polar surface area (TPSA) is 72.8 Å². The first-order valence-corrected chi connectivity index (χ1v) is 11.6. The Labute approximate surface area is 181 Å². The summed E-state index contributed by atoms with van der Waals surface area (Å²) in [6.45, 7) is 13.3. The lowest BCUT2D eigenvalue weighted by Crippen LogP contribution is -2.60. The summed E-state index contributed by atoms with van der Waals surface area (Å²) in [5, 5.41) is 9.47. The summed E-state index contributed by atoms with van der Waals surface area (Å²) in [5.74, 6) is -0.288. The van der Waals surface area contributed by atoms with Crippen LogP contribution in [-0.4, -0.2) is 34.9 Å². The maximum absolute atomic E-state index is 12.3. The Balaban J connectivity index is 1.96. The highest BCUT2D eigenvalue weighted by atomic mass is 16.5. The van der Waals surface area contributed by atoms with Crippen molar-refractivity contribution < 1.29 is 24.2 Å². The molecule has 1 saturated heterocycles. The van der Waals surface area contributed by atoms with Gasteiger partial charge in [0.05, 0.1) is 17.6 Å². The molecule has 1 heterocycles. The fraction of sp³-hybridized carbons (Fsp3) is 0.840. The third kappa shape index (κ3) is 4.06. The molecular formula is C25H40O5. The average molecular weight is 421 g/mol. The van der Waals surface area contributed by atoms with Crippen LogP contribution in [-0.2, 0) is 19.1 Å². The molecule has 2 aliphatic carbocycles. The Kier molecular flexibility index (Phi) is 6.18. The third-order valence-electron chi connectivity index (χ3n) is 8.19. The van der Waals surface area contributed by atoms with Crippen LogP contribution in [0.25, 0.3) is 0 Å². The Bertz CT molecular complexity index is 723. The van der Waals surface area contributed by atoms with Crippen molar-refractivity contribution in [1.29, 1.82) is 0 Å². The molecule has 30 heavy (non-hydrogen) atoms. The van der Waals surface area contributed by atoms with Gasteiger partial charge in [0.15, 0.2) is 0 Å². The van der Waals surface area contributed by atoms with E-state index in [0.29, 0.717) is 18.8 Å². The van der Waals surface area contributed by atoms with E-state index in [4.69, 9.17) is 9.47 Å². The van der Waals surface area contributed by atoms with Crippen LogP contribution in [0.5, 0.6) is 0 Å². The second-order valence-electron chi connectivity index (χ2n) is 11.5. The molecular weight excluding hydrogens is 380 g/mol. The summed E-state index contributed by atoms with van der Waals surface area (Å²) in [6, 6.07) is 0. The molecule has 1 spiro atoms. The molecule has 1 N–H and O–H groups in total. The molecule has 1 saturated carbocycles. The van der Waals surface area contributed by atoms with Gasteiger partial charge in [-0.3, -0.25) is 9.59 Å². The predicted molar refractivity (Wildman–Crippen MR) is 116 cm³/mol. The van der Waals surface area contributed by atoms with Crippen molar-refractivity contribution in [2.45, 2.75) is 104 Å². The van der Waals surface area contributed by atoms with E-state index < -0.39 is 17.2 Å². The highest BCUT2D eigenvalue weighted by Gasteiger charge is 2.65. The molecule has 0 radical (unpaired) electrons.